The quantitative estimate of drug-likeness (QED) is 0.450. The van der Waals surface area contributed by atoms with E-state index < -0.39 is 0 Å². The molecule has 0 fully saturated rings. The minimum atomic E-state index is -0.332. The van der Waals surface area contributed by atoms with E-state index in [1.54, 1.807) is 29.2 Å². The summed E-state index contributed by atoms with van der Waals surface area (Å²) in [4.78, 5) is 21.2. The summed E-state index contributed by atoms with van der Waals surface area (Å²) in [6, 6.07) is 7.93. The Morgan fingerprint density at radius 3 is 2.34 bits per heavy atom. The average Bonchev–Trinajstić information content (AvgIpc) is 3.19. The minimum Gasteiger partial charge on any atom is -0.493 e. The lowest BCUT2D eigenvalue weighted by Crippen LogP contribution is -2.35. The summed E-state index contributed by atoms with van der Waals surface area (Å²) in [5, 5.41) is 0.520. The van der Waals surface area contributed by atoms with Gasteiger partial charge in [0.15, 0.2) is 16.6 Å². The normalized spacial score (nSPS) is 11.3. The van der Waals surface area contributed by atoms with Crippen molar-refractivity contribution in [1.82, 2.24) is 9.88 Å². The number of hydrogen-bond acceptors (Lipinski definition) is 7. The van der Waals surface area contributed by atoms with E-state index in [0.717, 1.165) is 0 Å². The molecular weight excluding hydrogens is 433 g/mol. The Kier molecular flexibility index (Phi) is 7.66. The Morgan fingerprint density at radius 1 is 1.06 bits per heavy atom. The van der Waals surface area contributed by atoms with Crippen LogP contribution in [-0.2, 0) is 4.79 Å². The molecule has 0 atom stereocenters. The fourth-order valence-corrected chi connectivity index (χ4v) is 4.08. The first kappa shape index (κ1) is 23.5. The average molecular weight is 460 g/mol. The SMILES string of the molecule is COc1cc(C=CC(=O)N(CCN(C)C)c2nc3ccc(F)cc3s2)cc(OC)c1OC. The lowest BCUT2D eigenvalue weighted by molar-refractivity contribution is -0.114. The first-order valence-corrected chi connectivity index (χ1v) is 10.7. The maximum absolute atomic E-state index is 13.6. The third-order valence-electron chi connectivity index (χ3n) is 4.71. The standard InChI is InChI=1S/C23H26FN3O4S/c1-26(2)10-11-27(23-25-17-8-7-16(24)14-20(17)32-23)21(28)9-6-15-12-18(29-3)22(31-5)19(13-15)30-4/h6-9,12-14H,10-11H2,1-5H3. The van der Waals surface area contributed by atoms with E-state index in [1.165, 1.54) is 50.9 Å². The number of benzene rings is 2. The van der Waals surface area contributed by atoms with Gasteiger partial charge in [-0.05, 0) is 56.1 Å². The molecule has 0 aliphatic heterocycles. The lowest BCUT2D eigenvalue weighted by atomic mass is 10.1. The van der Waals surface area contributed by atoms with Crippen LogP contribution in [0.4, 0.5) is 9.52 Å². The molecule has 0 bridgehead atoms. The van der Waals surface area contributed by atoms with Crippen LogP contribution in [0.25, 0.3) is 16.3 Å². The number of carbonyl (C=O) groups is 1. The van der Waals surface area contributed by atoms with E-state index in [2.05, 4.69) is 4.98 Å². The summed E-state index contributed by atoms with van der Waals surface area (Å²) in [5.74, 6) is 0.905. The maximum Gasteiger partial charge on any atom is 0.252 e. The van der Waals surface area contributed by atoms with Crippen molar-refractivity contribution >= 4 is 38.7 Å². The number of halogens is 1. The number of fused-ring (bicyclic) bond motifs is 1. The smallest absolute Gasteiger partial charge is 0.252 e. The van der Waals surface area contributed by atoms with Crippen molar-refractivity contribution in [3.8, 4) is 17.2 Å². The van der Waals surface area contributed by atoms with Crippen LogP contribution in [0.2, 0.25) is 0 Å². The predicted molar refractivity (Wildman–Crippen MR) is 126 cm³/mol. The van der Waals surface area contributed by atoms with Crippen LogP contribution in [0, 0.1) is 5.82 Å². The molecule has 0 saturated heterocycles. The molecule has 0 aliphatic carbocycles. The van der Waals surface area contributed by atoms with E-state index in [4.69, 9.17) is 14.2 Å². The molecule has 2 aromatic carbocycles. The molecule has 32 heavy (non-hydrogen) atoms. The summed E-state index contributed by atoms with van der Waals surface area (Å²) >= 11 is 1.28. The van der Waals surface area contributed by atoms with Crippen LogP contribution in [0.5, 0.6) is 17.2 Å². The second-order valence-electron chi connectivity index (χ2n) is 7.19. The molecule has 0 spiro atoms. The summed E-state index contributed by atoms with van der Waals surface area (Å²) in [7, 11) is 8.47. The number of nitrogens with zero attached hydrogens (tertiary/aromatic N) is 3. The summed E-state index contributed by atoms with van der Waals surface area (Å²) < 4.78 is 30.4. The molecule has 0 unspecified atom stereocenters. The number of amides is 1. The molecule has 3 rings (SSSR count). The van der Waals surface area contributed by atoms with E-state index in [1.807, 2.05) is 19.0 Å². The number of aromatic nitrogens is 1. The number of carbonyl (C=O) groups excluding carboxylic acids is 1. The van der Waals surface area contributed by atoms with Crippen molar-refractivity contribution in [2.45, 2.75) is 0 Å². The second kappa shape index (κ2) is 10.4. The number of methoxy groups -OCH3 is 3. The van der Waals surface area contributed by atoms with Gasteiger partial charge >= 0.3 is 0 Å². The predicted octanol–water partition coefficient (Wildman–Crippen LogP) is 4.07. The van der Waals surface area contributed by atoms with E-state index in [0.29, 0.717) is 51.2 Å². The van der Waals surface area contributed by atoms with Gasteiger partial charge in [-0.3, -0.25) is 9.69 Å². The molecule has 0 saturated carbocycles. The molecule has 3 aromatic rings. The number of anilines is 1. The van der Waals surface area contributed by atoms with Gasteiger partial charge in [-0.1, -0.05) is 11.3 Å². The van der Waals surface area contributed by atoms with Crippen molar-refractivity contribution in [2.24, 2.45) is 0 Å². The summed E-state index contributed by atoms with van der Waals surface area (Å²) in [6.45, 7) is 1.09. The van der Waals surface area contributed by atoms with Gasteiger partial charge in [-0.15, -0.1) is 0 Å². The molecule has 170 valence electrons. The minimum absolute atomic E-state index is 0.236. The fourth-order valence-electron chi connectivity index (χ4n) is 3.06. The first-order chi connectivity index (χ1) is 15.4. The van der Waals surface area contributed by atoms with Gasteiger partial charge in [-0.2, -0.15) is 0 Å². The van der Waals surface area contributed by atoms with Gasteiger partial charge in [0.2, 0.25) is 5.75 Å². The first-order valence-electron chi connectivity index (χ1n) is 9.86. The third kappa shape index (κ3) is 5.35. The number of likely N-dealkylation sites (N-methyl/N-ethyl adjacent to an activating group) is 1. The monoisotopic (exact) mass is 459 g/mol. The fraction of sp³-hybridized carbons (Fsp3) is 0.304. The molecule has 1 amide bonds. The van der Waals surface area contributed by atoms with Crippen molar-refractivity contribution < 1.29 is 23.4 Å². The zero-order chi connectivity index (χ0) is 23.3. The Bertz CT molecular complexity index is 1100. The molecule has 1 aromatic heterocycles. The summed E-state index contributed by atoms with van der Waals surface area (Å²) in [6.07, 6.45) is 3.16. The largest absolute Gasteiger partial charge is 0.493 e. The number of rotatable bonds is 9. The van der Waals surface area contributed by atoms with Gasteiger partial charge in [0.05, 0.1) is 31.5 Å². The zero-order valence-corrected chi connectivity index (χ0v) is 19.5. The van der Waals surface area contributed by atoms with Crippen molar-refractivity contribution in [3.63, 3.8) is 0 Å². The molecule has 0 radical (unpaired) electrons. The van der Waals surface area contributed by atoms with Crippen LogP contribution < -0.4 is 19.1 Å². The van der Waals surface area contributed by atoms with Crippen LogP contribution in [0.15, 0.2) is 36.4 Å². The van der Waals surface area contributed by atoms with Gasteiger partial charge in [0.1, 0.15) is 5.82 Å². The highest BCUT2D eigenvalue weighted by atomic mass is 32.1. The lowest BCUT2D eigenvalue weighted by Gasteiger charge is -2.20. The molecule has 9 heteroatoms. The second-order valence-corrected chi connectivity index (χ2v) is 8.20. The van der Waals surface area contributed by atoms with E-state index in [9.17, 15) is 9.18 Å². The van der Waals surface area contributed by atoms with Gasteiger partial charge in [0.25, 0.3) is 5.91 Å². The highest BCUT2D eigenvalue weighted by molar-refractivity contribution is 7.22. The van der Waals surface area contributed by atoms with E-state index in [-0.39, 0.29) is 11.7 Å². The number of thiazole rings is 1. The Morgan fingerprint density at radius 2 is 1.75 bits per heavy atom. The molecule has 0 aliphatic rings. The highest BCUT2D eigenvalue weighted by Crippen LogP contribution is 2.38. The van der Waals surface area contributed by atoms with Crippen molar-refractivity contribution in [3.05, 3.63) is 47.8 Å². The topological polar surface area (TPSA) is 64.1 Å². The van der Waals surface area contributed by atoms with E-state index >= 15 is 0 Å². The third-order valence-corrected chi connectivity index (χ3v) is 5.75. The van der Waals surface area contributed by atoms with Crippen LogP contribution >= 0.6 is 11.3 Å². The van der Waals surface area contributed by atoms with Crippen molar-refractivity contribution in [1.29, 1.82) is 0 Å². The number of hydrogen-bond donors (Lipinski definition) is 0. The van der Waals surface area contributed by atoms with Crippen LogP contribution in [0.1, 0.15) is 5.56 Å². The van der Waals surface area contributed by atoms with Crippen LogP contribution in [0.3, 0.4) is 0 Å². The molecule has 1 heterocycles. The molecule has 7 nitrogen and oxygen atoms in total. The Labute approximate surface area is 190 Å². The number of ether oxygens (including phenoxy) is 3. The van der Waals surface area contributed by atoms with Crippen molar-refractivity contribution in [2.75, 3.05) is 53.4 Å². The Hall–Kier alpha value is -3.17. The maximum atomic E-state index is 13.6. The zero-order valence-electron chi connectivity index (χ0n) is 18.7. The van der Waals surface area contributed by atoms with Gasteiger partial charge < -0.3 is 19.1 Å². The summed E-state index contributed by atoms with van der Waals surface area (Å²) in [5.41, 5.74) is 1.37. The Balaban J connectivity index is 1.91. The highest BCUT2D eigenvalue weighted by Gasteiger charge is 2.19. The molecule has 0 N–H and O–H groups in total. The van der Waals surface area contributed by atoms with Gasteiger partial charge in [-0.25, -0.2) is 9.37 Å². The van der Waals surface area contributed by atoms with Gasteiger partial charge in [0, 0.05) is 19.2 Å². The van der Waals surface area contributed by atoms with Crippen LogP contribution in [-0.4, -0.2) is 64.3 Å². The molecular formula is C23H26FN3O4S.